The topological polar surface area (TPSA) is 156 Å². The molecule has 3 amide bonds. The zero-order valence-corrected chi connectivity index (χ0v) is 28.2. The molecule has 3 N–H and O–H groups in total. The number of benzene rings is 2. The lowest BCUT2D eigenvalue weighted by molar-refractivity contribution is -0.145. The minimum Gasteiger partial charge on any atom is -0.479 e. The second-order valence-corrected chi connectivity index (χ2v) is 14.2. The highest BCUT2D eigenvalue weighted by molar-refractivity contribution is 5.96. The summed E-state index contributed by atoms with van der Waals surface area (Å²) in [6.07, 6.45) is 6.99. The van der Waals surface area contributed by atoms with Gasteiger partial charge in [0.05, 0.1) is 6.04 Å². The van der Waals surface area contributed by atoms with Crippen molar-refractivity contribution in [1.29, 1.82) is 0 Å². The van der Waals surface area contributed by atoms with Crippen LogP contribution in [0.15, 0.2) is 72.8 Å². The summed E-state index contributed by atoms with van der Waals surface area (Å²) in [6, 6.07) is 16.9. The van der Waals surface area contributed by atoms with Crippen LogP contribution in [0.4, 0.5) is 4.79 Å². The number of carboxylic acids is 1. The Morgan fingerprint density at radius 1 is 0.959 bits per heavy atom. The number of hydrogen-bond donors (Lipinski definition) is 3. The van der Waals surface area contributed by atoms with Crippen LogP contribution in [0.1, 0.15) is 71.8 Å². The van der Waals surface area contributed by atoms with E-state index in [1.807, 2.05) is 72.8 Å². The molecule has 3 aromatic rings. The molecule has 2 aromatic carbocycles. The molecule has 12 heteroatoms. The normalized spacial score (nSPS) is 26.7. The number of carboxylic acid groups (broad SMARTS) is 1. The SMILES string of the molecule is CC(C)(C)OC(=O)N[C@H]1CCCCC/C=C\C2CC2(C(=O)O)NC(=O)[C@@H]2C[C@@H](n3nc(-c4ccccc4)c(-c4ccccc4)n3)CN2C1=O. The van der Waals surface area contributed by atoms with Crippen molar-refractivity contribution >= 4 is 23.9 Å². The van der Waals surface area contributed by atoms with E-state index in [1.165, 1.54) is 4.90 Å². The second kappa shape index (κ2) is 13.9. The molecule has 0 bridgehead atoms. The Morgan fingerprint density at radius 2 is 1.59 bits per heavy atom. The van der Waals surface area contributed by atoms with Gasteiger partial charge >= 0.3 is 12.1 Å². The third kappa shape index (κ3) is 7.53. The summed E-state index contributed by atoms with van der Waals surface area (Å²) in [5.41, 5.74) is 0.854. The Balaban J connectivity index is 1.36. The first kappa shape index (κ1) is 33.9. The number of allylic oxidation sites excluding steroid dienone is 1. The molecule has 1 saturated carbocycles. The first-order valence-corrected chi connectivity index (χ1v) is 17.0. The minimum atomic E-state index is -1.43. The summed E-state index contributed by atoms with van der Waals surface area (Å²) in [5.74, 6) is -2.43. The molecule has 2 unspecified atom stereocenters. The first-order valence-electron chi connectivity index (χ1n) is 17.0. The number of nitrogens with zero attached hydrogens (tertiary/aromatic N) is 4. The molecular weight excluding hydrogens is 624 g/mol. The fourth-order valence-corrected chi connectivity index (χ4v) is 6.76. The van der Waals surface area contributed by atoms with Crippen molar-refractivity contribution in [3.63, 3.8) is 0 Å². The van der Waals surface area contributed by atoms with E-state index in [4.69, 9.17) is 14.9 Å². The van der Waals surface area contributed by atoms with Crippen molar-refractivity contribution in [1.82, 2.24) is 30.5 Å². The molecule has 49 heavy (non-hydrogen) atoms. The molecule has 5 atom stereocenters. The van der Waals surface area contributed by atoms with E-state index in [1.54, 1.807) is 25.6 Å². The molecule has 2 fully saturated rings. The van der Waals surface area contributed by atoms with Crippen molar-refractivity contribution in [2.75, 3.05) is 6.54 Å². The van der Waals surface area contributed by atoms with Crippen molar-refractivity contribution in [3.8, 4) is 22.5 Å². The molecule has 6 rings (SSSR count). The molecule has 3 heterocycles. The van der Waals surface area contributed by atoms with Crippen molar-refractivity contribution < 1.29 is 29.0 Å². The van der Waals surface area contributed by atoms with Crippen LogP contribution in [0.2, 0.25) is 0 Å². The number of aliphatic carboxylic acids is 1. The maximum absolute atomic E-state index is 14.4. The molecule has 2 aliphatic heterocycles. The van der Waals surface area contributed by atoms with Crippen LogP contribution in [-0.2, 0) is 19.1 Å². The number of carbonyl (C=O) groups excluding carboxylic acids is 3. The van der Waals surface area contributed by atoms with Gasteiger partial charge < -0.3 is 25.4 Å². The molecule has 1 saturated heterocycles. The highest BCUT2D eigenvalue weighted by atomic mass is 16.6. The highest BCUT2D eigenvalue weighted by Gasteiger charge is 2.61. The van der Waals surface area contributed by atoms with Crippen LogP contribution in [0.5, 0.6) is 0 Å². The third-order valence-corrected chi connectivity index (χ3v) is 9.38. The Labute approximate surface area is 285 Å². The van der Waals surface area contributed by atoms with Gasteiger partial charge in [0.15, 0.2) is 0 Å². The zero-order chi connectivity index (χ0) is 34.8. The largest absolute Gasteiger partial charge is 0.479 e. The fourth-order valence-electron chi connectivity index (χ4n) is 6.76. The van der Waals surface area contributed by atoms with Gasteiger partial charge in [-0.15, -0.1) is 0 Å². The number of alkyl carbamates (subject to hydrolysis) is 1. The van der Waals surface area contributed by atoms with E-state index < -0.39 is 53.1 Å². The number of hydrogen-bond acceptors (Lipinski definition) is 7. The predicted molar refractivity (Wildman–Crippen MR) is 182 cm³/mol. The molecule has 3 aliphatic rings. The van der Waals surface area contributed by atoms with E-state index in [2.05, 4.69) is 10.6 Å². The van der Waals surface area contributed by atoms with Crippen molar-refractivity contribution in [2.45, 2.75) is 95.0 Å². The van der Waals surface area contributed by atoms with Crippen LogP contribution in [0.3, 0.4) is 0 Å². The Morgan fingerprint density at radius 3 is 2.18 bits per heavy atom. The van der Waals surface area contributed by atoms with Gasteiger partial charge in [0.1, 0.15) is 34.6 Å². The number of carbonyl (C=O) groups is 4. The average Bonchev–Trinajstić information content (AvgIpc) is 3.38. The number of rotatable bonds is 5. The lowest BCUT2D eigenvalue weighted by atomic mass is 10.0. The number of amides is 3. The standard InChI is InChI=1S/C37H44N6O6/c1-36(2,3)49-35(48)38-28-20-14-6-4-5-13-19-26-22-37(26,34(46)47)39-32(44)29-21-27(23-42(29)33(28)45)43-40-30(24-15-9-7-10-16-24)31(41-43)25-17-11-8-12-18-25/h7-13,15-19,26-29H,4-6,14,20-23H2,1-3H3,(H,38,48)(H,39,44)(H,46,47)/b19-13-/t26?,27-,28+,29+,37?/m1/s1. The number of aromatic nitrogens is 3. The summed E-state index contributed by atoms with van der Waals surface area (Å²) in [6.45, 7) is 5.33. The lowest BCUT2D eigenvalue weighted by Gasteiger charge is -2.30. The van der Waals surface area contributed by atoms with Gasteiger partial charge in [0.25, 0.3) is 0 Å². The van der Waals surface area contributed by atoms with E-state index >= 15 is 0 Å². The van der Waals surface area contributed by atoms with Gasteiger partial charge in [-0.3, -0.25) is 9.59 Å². The van der Waals surface area contributed by atoms with E-state index in [0.29, 0.717) is 24.2 Å². The molecule has 1 aromatic heterocycles. The highest BCUT2D eigenvalue weighted by Crippen LogP contribution is 2.45. The second-order valence-electron chi connectivity index (χ2n) is 14.2. The maximum atomic E-state index is 14.4. The van der Waals surface area contributed by atoms with Crippen molar-refractivity contribution in [3.05, 3.63) is 72.8 Å². The number of fused-ring (bicyclic) bond motifs is 2. The van der Waals surface area contributed by atoms with E-state index in [0.717, 1.165) is 30.4 Å². The Bertz CT molecular complexity index is 1660. The zero-order valence-electron chi connectivity index (χ0n) is 28.2. The van der Waals surface area contributed by atoms with E-state index in [-0.39, 0.29) is 25.3 Å². The monoisotopic (exact) mass is 668 g/mol. The molecule has 12 nitrogen and oxygen atoms in total. The van der Waals surface area contributed by atoms with Gasteiger partial charge in [-0.2, -0.15) is 15.0 Å². The summed E-state index contributed by atoms with van der Waals surface area (Å²) in [4.78, 5) is 56.9. The van der Waals surface area contributed by atoms with Gasteiger partial charge in [0.2, 0.25) is 11.8 Å². The smallest absolute Gasteiger partial charge is 0.408 e. The summed E-state index contributed by atoms with van der Waals surface area (Å²) in [5, 5.41) is 25.6. The van der Waals surface area contributed by atoms with Crippen LogP contribution in [-0.4, -0.2) is 78.6 Å². The van der Waals surface area contributed by atoms with Crippen molar-refractivity contribution in [2.24, 2.45) is 5.92 Å². The maximum Gasteiger partial charge on any atom is 0.408 e. The predicted octanol–water partition coefficient (Wildman–Crippen LogP) is 5.13. The van der Waals surface area contributed by atoms with Crippen LogP contribution < -0.4 is 10.6 Å². The Hall–Kier alpha value is -5.00. The number of ether oxygens (including phenoxy) is 1. The Kier molecular flexibility index (Phi) is 9.58. The quantitative estimate of drug-likeness (QED) is 0.316. The van der Waals surface area contributed by atoms with Crippen LogP contribution in [0.25, 0.3) is 22.5 Å². The van der Waals surface area contributed by atoms with Gasteiger partial charge in [0, 0.05) is 30.0 Å². The summed E-state index contributed by atoms with van der Waals surface area (Å²) < 4.78 is 5.50. The molecule has 1 aliphatic carbocycles. The van der Waals surface area contributed by atoms with Gasteiger partial charge in [-0.1, -0.05) is 85.7 Å². The molecule has 0 radical (unpaired) electrons. The van der Waals surface area contributed by atoms with Gasteiger partial charge in [-0.25, -0.2) is 9.59 Å². The summed E-state index contributed by atoms with van der Waals surface area (Å²) >= 11 is 0. The van der Waals surface area contributed by atoms with Gasteiger partial charge in [-0.05, 0) is 46.5 Å². The summed E-state index contributed by atoms with van der Waals surface area (Å²) in [7, 11) is 0. The fraction of sp³-hybridized carbons (Fsp3) is 0.459. The molecular formula is C37H44N6O6. The molecule has 258 valence electrons. The average molecular weight is 669 g/mol. The van der Waals surface area contributed by atoms with E-state index in [9.17, 15) is 24.3 Å². The lowest BCUT2D eigenvalue weighted by Crippen LogP contribution is -2.56. The molecule has 0 spiro atoms. The van der Waals surface area contributed by atoms with Crippen LogP contribution >= 0.6 is 0 Å². The number of nitrogens with one attached hydrogen (secondary N) is 2. The third-order valence-electron chi connectivity index (χ3n) is 9.38. The first-order chi connectivity index (χ1) is 23.4. The minimum absolute atomic E-state index is 0.0873. The van der Waals surface area contributed by atoms with Crippen LogP contribution in [0, 0.1) is 5.92 Å².